The van der Waals surface area contributed by atoms with Gasteiger partial charge in [0.2, 0.25) is 5.95 Å². The van der Waals surface area contributed by atoms with E-state index in [1.807, 2.05) is 18.2 Å². The van der Waals surface area contributed by atoms with Crippen LogP contribution in [0.3, 0.4) is 0 Å². The molecule has 0 saturated carbocycles. The van der Waals surface area contributed by atoms with Crippen molar-refractivity contribution in [1.29, 1.82) is 5.26 Å². The van der Waals surface area contributed by atoms with E-state index in [2.05, 4.69) is 46.5 Å². The van der Waals surface area contributed by atoms with E-state index in [0.717, 1.165) is 56.1 Å². The van der Waals surface area contributed by atoms with Crippen LogP contribution in [-0.4, -0.2) is 35.6 Å². The molecule has 6 nitrogen and oxygen atoms in total. The standard InChI is InChI=1S/C23H32N6/c1-3-5-6-12-25-21-11-13-29(17-21)22-15-19(8-4-2)26-23(28-22)27-20-10-7-9-18(14-20)16-24/h7,9-10,14-15,21,25H,3-6,8,11-13,17H2,1-2H3,(H,26,27,28)/t21-/m0/s1. The fourth-order valence-electron chi connectivity index (χ4n) is 3.70. The van der Waals surface area contributed by atoms with Gasteiger partial charge in [-0.3, -0.25) is 0 Å². The van der Waals surface area contributed by atoms with Crippen molar-refractivity contribution in [1.82, 2.24) is 15.3 Å². The molecule has 1 saturated heterocycles. The Hall–Kier alpha value is -2.65. The zero-order chi connectivity index (χ0) is 20.5. The maximum Gasteiger partial charge on any atom is 0.229 e. The zero-order valence-corrected chi connectivity index (χ0v) is 17.6. The molecule has 29 heavy (non-hydrogen) atoms. The summed E-state index contributed by atoms with van der Waals surface area (Å²) in [5.41, 5.74) is 2.51. The van der Waals surface area contributed by atoms with Crippen LogP contribution in [0.15, 0.2) is 30.3 Å². The van der Waals surface area contributed by atoms with Gasteiger partial charge in [-0.05, 0) is 44.0 Å². The van der Waals surface area contributed by atoms with Crippen LogP contribution in [0, 0.1) is 11.3 Å². The van der Waals surface area contributed by atoms with Crippen LogP contribution >= 0.6 is 0 Å². The third kappa shape index (κ3) is 6.16. The fourth-order valence-corrected chi connectivity index (χ4v) is 3.70. The number of unbranched alkanes of at least 4 members (excludes halogenated alkanes) is 2. The molecule has 2 heterocycles. The summed E-state index contributed by atoms with van der Waals surface area (Å²) in [6, 6.07) is 12.2. The Morgan fingerprint density at radius 3 is 2.86 bits per heavy atom. The molecule has 0 radical (unpaired) electrons. The number of aryl methyl sites for hydroxylation is 1. The van der Waals surface area contributed by atoms with E-state index in [4.69, 9.17) is 10.2 Å². The van der Waals surface area contributed by atoms with E-state index in [1.54, 1.807) is 6.07 Å². The number of hydrogen-bond acceptors (Lipinski definition) is 6. The number of nitrogens with zero attached hydrogens (tertiary/aromatic N) is 4. The molecule has 2 N–H and O–H groups in total. The molecular formula is C23H32N6. The van der Waals surface area contributed by atoms with Crippen LogP contribution in [0.5, 0.6) is 0 Å². The van der Waals surface area contributed by atoms with Gasteiger partial charge in [-0.2, -0.15) is 10.2 Å². The smallest absolute Gasteiger partial charge is 0.229 e. The minimum atomic E-state index is 0.528. The van der Waals surface area contributed by atoms with Gasteiger partial charge in [0.15, 0.2) is 0 Å². The van der Waals surface area contributed by atoms with Crippen molar-refractivity contribution in [3.05, 3.63) is 41.6 Å². The van der Waals surface area contributed by atoms with Crippen molar-refractivity contribution in [2.45, 2.75) is 58.4 Å². The maximum absolute atomic E-state index is 9.12. The van der Waals surface area contributed by atoms with Gasteiger partial charge in [0.1, 0.15) is 5.82 Å². The lowest BCUT2D eigenvalue weighted by atomic mass is 10.2. The van der Waals surface area contributed by atoms with Crippen LogP contribution in [0.2, 0.25) is 0 Å². The third-order valence-electron chi connectivity index (χ3n) is 5.25. The number of nitrogens with one attached hydrogen (secondary N) is 2. The van der Waals surface area contributed by atoms with Crippen LogP contribution in [-0.2, 0) is 6.42 Å². The first-order valence-electron chi connectivity index (χ1n) is 10.8. The van der Waals surface area contributed by atoms with Crippen molar-refractivity contribution in [2.24, 2.45) is 0 Å². The highest BCUT2D eigenvalue weighted by atomic mass is 15.3. The highest BCUT2D eigenvalue weighted by Gasteiger charge is 2.23. The van der Waals surface area contributed by atoms with Crippen LogP contribution in [0.1, 0.15) is 57.2 Å². The molecule has 0 bridgehead atoms. The minimum absolute atomic E-state index is 0.528. The predicted octanol–water partition coefficient (Wildman–Crippen LogP) is 4.40. The average Bonchev–Trinajstić information content (AvgIpc) is 3.20. The van der Waals surface area contributed by atoms with Crippen molar-refractivity contribution < 1.29 is 0 Å². The van der Waals surface area contributed by atoms with Crippen LogP contribution in [0.25, 0.3) is 0 Å². The van der Waals surface area contributed by atoms with E-state index < -0.39 is 0 Å². The first kappa shape index (κ1) is 21.1. The summed E-state index contributed by atoms with van der Waals surface area (Å²) < 4.78 is 0. The first-order valence-corrected chi connectivity index (χ1v) is 10.8. The summed E-state index contributed by atoms with van der Waals surface area (Å²) in [6.45, 7) is 7.49. The van der Waals surface area contributed by atoms with Gasteiger partial charge in [0, 0.05) is 36.6 Å². The Balaban J connectivity index is 1.71. The molecule has 1 fully saturated rings. The van der Waals surface area contributed by atoms with Crippen molar-refractivity contribution in [2.75, 3.05) is 29.9 Å². The molecule has 154 valence electrons. The Bertz CT molecular complexity index is 828. The molecule has 3 rings (SSSR count). The molecule has 1 aliphatic heterocycles. The van der Waals surface area contributed by atoms with Crippen molar-refractivity contribution in [3.8, 4) is 6.07 Å². The largest absolute Gasteiger partial charge is 0.355 e. The van der Waals surface area contributed by atoms with E-state index >= 15 is 0 Å². The molecule has 1 aromatic heterocycles. The Kier molecular flexibility index (Phi) is 7.83. The van der Waals surface area contributed by atoms with Crippen LogP contribution < -0.4 is 15.5 Å². The summed E-state index contributed by atoms with van der Waals surface area (Å²) in [7, 11) is 0. The topological polar surface area (TPSA) is 76.9 Å². The Labute approximate surface area is 174 Å². The molecule has 1 aromatic carbocycles. The van der Waals surface area contributed by atoms with E-state index in [0.29, 0.717) is 17.6 Å². The monoisotopic (exact) mass is 392 g/mol. The summed E-state index contributed by atoms with van der Waals surface area (Å²) in [6.07, 6.45) is 6.91. The molecule has 1 atom stereocenters. The third-order valence-corrected chi connectivity index (χ3v) is 5.25. The molecule has 2 aromatic rings. The molecule has 0 aliphatic carbocycles. The molecular weight excluding hydrogens is 360 g/mol. The SMILES string of the molecule is CCCCCN[C@H]1CCN(c2cc(CCC)nc(Nc3cccc(C#N)c3)n2)C1. The van der Waals surface area contributed by atoms with E-state index in [-0.39, 0.29) is 0 Å². The van der Waals surface area contributed by atoms with Crippen molar-refractivity contribution in [3.63, 3.8) is 0 Å². The first-order chi connectivity index (χ1) is 14.2. The number of benzene rings is 1. The molecule has 0 spiro atoms. The zero-order valence-electron chi connectivity index (χ0n) is 17.6. The predicted molar refractivity (Wildman–Crippen MR) is 119 cm³/mol. The number of nitriles is 1. The van der Waals surface area contributed by atoms with E-state index in [9.17, 15) is 0 Å². The highest BCUT2D eigenvalue weighted by Crippen LogP contribution is 2.23. The fraction of sp³-hybridized carbons (Fsp3) is 0.522. The minimum Gasteiger partial charge on any atom is -0.355 e. The number of anilines is 3. The number of hydrogen-bond donors (Lipinski definition) is 2. The Morgan fingerprint density at radius 2 is 2.07 bits per heavy atom. The van der Waals surface area contributed by atoms with Gasteiger partial charge in [-0.25, -0.2) is 4.98 Å². The molecule has 6 heteroatoms. The van der Waals surface area contributed by atoms with Gasteiger partial charge in [-0.15, -0.1) is 0 Å². The lowest BCUT2D eigenvalue weighted by molar-refractivity contribution is 0.527. The normalized spacial score (nSPS) is 16.0. The molecule has 0 unspecified atom stereocenters. The second-order valence-electron chi connectivity index (χ2n) is 7.70. The summed E-state index contributed by atoms with van der Waals surface area (Å²) in [5, 5.41) is 16.1. The summed E-state index contributed by atoms with van der Waals surface area (Å²) >= 11 is 0. The number of rotatable bonds is 10. The maximum atomic E-state index is 9.12. The average molecular weight is 393 g/mol. The summed E-state index contributed by atoms with van der Waals surface area (Å²) in [5.74, 6) is 1.58. The molecule has 1 aliphatic rings. The van der Waals surface area contributed by atoms with Gasteiger partial charge >= 0.3 is 0 Å². The lowest BCUT2D eigenvalue weighted by Crippen LogP contribution is -2.33. The quantitative estimate of drug-likeness (QED) is 0.584. The second-order valence-corrected chi connectivity index (χ2v) is 7.70. The van der Waals surface area contributed by atoms with Gasteiger partial charge in [-0.1, -0.05) is 39.2 Å². The van der Waals surface area contributed by atoms with Gasteiger partial charge < -0.3 is 15.5 Å². The highest BCUT2D eigenvalue weighted by molar-refractivity contribution is 5.58. The summed E-state index contributed by atoms with van der Waals surface area (Å²) in [4.78, 5) is 11.8. The lowest BCUT2D eigenvalue weighted by Gasteiger charge is -2.20. The van der Waals surface area contributed by atoms with Gasteiger partial charge in [0.05, 0.1) is 11.6 Å². The van der Waals surface area contributed by atoms with Crippen molar-refractivity contribution >= 4 is 17.5 Å². The van der Waals surface area contributed by atoms with Crippen LogP contribution in [0.4, 0.5) is 17.5 Å². The number of aromatic nitrogens is 2. The molecule has 0 amide bonds. The second kappa shape index (κ2) is 10.8. The Morgan fingerprint density at radius 1 is 1.17 bits per heavy atom. The van der Waals surface area contributed by atoms with E-state index in [1.165, 1.54) is 19.3 Å². The van der Waals surface area contributed by atoms with Gasteiger partial charge in [0.25, 0.3) is 0 Å².